The van der Waals surface area contributed by atoms with Crippen LogP contribution < -0.4 is 0 Å². The molecule has 6 atom stereocenters. The summed E-state index contributed by atoms with van der Waals surface area (Å²) < 4.78 is 12.2. The maximum atomic E-state index is 14.0. The molecule has 0 aliphatic carbocycles. The maximum absolute atomic E-state index is 14.0. The van der Waals surface area contributed by atoms with E-state index in [9.17, 15) is 19.5 Å². The van der Waals surface area contributed by atoms with Crippen LogP contribution >= 0.6 is 0 Å². The van der Waals surface area contributed by atoms with Crippen molar-refractivity contribution in [3.05, 3.63) is 24.3 Å². The molecule has 4 aliphatic rings. The van der Waals surface area contributed by atoms with Gasteiger partial charge in [-0.1, -0.05) is 37.6 Å². The molecule has 0 aromatic rings. The Balaban J connectivity index is 1.76. The minimum Gasteiger partial charge on any atom is -0.465 e. The standard InChI is InChI=1S/C26H38N2O6/c1-3-11-18(2)27-15-10-13-26-21(23(30)28(14-7-8-16-29)22(26)24(27)31)20-19(34-26)12-6-4-5-9-17-33-25(20)32/h6,10,12-13,18-22,29H,3-5,7-9,11,14-17H2,1-2H3/b12-6-/t18?,19-,20+,21+,22?,26+/m1/s1. The molecule has 0 radical (unpaired) electrons. The molecule has 1 N–H and O–H groups in total. The van der Waals surface area contributed by atoms with Gasteiger partial charge in [0.25, 0.3) is 0 Å². The van der Waals surface area contributed by atoms with Crippen LogP contribution in [0.5, 0.6) is 0 Å². The van der Waals surface area contributed by atoms with Crippen LogP contribution in [0.1, 0.15) is 58.8 Å². The lowest BCUT2D eigenvalue weighted by Crippen LogP contribution is -2.56. The van der Waals surface area contributed by atoms with Gasteiger partial charge in [0.2, 0.25) is 11.8 Å². The highest BCUT2D eigenvalue weighted by molar-refractivity contribution is 5.99. The van der Waals surface area contributed by atoms with Crippen LogP contribution in [0.15, 0.2) is 24.3 Å². The van der Waals surface area contributed by atoms with Gasteiger partial charge in [-0.25, -0.2) is 0 Å². The summed E-state index contributed by atoms with van der Waals surface area (Å²) in [6.45, 7) is 5.25. The van der Waals surface area contributed by atoms with E-state index in [4.69, 9.17) is 9.47 Å². The lowest BCUT2D eigenvalue weighted by molar-refractivity contribution is -0.155. The summed E-state index contributed by atoms with van der Waals surface area (Å²) in [5.41, 5.74) is -1.21. The molecular formula is C26H38N2O6. The zero-order chi connectivity index (χ0) is 24.3. The predicted octanol–water partition coefficient (Wildman–Crippen LogP) is 2.21. The Hall–Kier alpha value is -2.19. The molecule has 2 amide bonds. The molecule has 2 fully saturated rings. The number of ether oxygens (including phenoxy) is 2. The molecule has 0 saturated carbocycles. The van der Waals surface area contributed by atoms with Crippen molar-refractivity contribution in [1.29, 1.82) is 0 Å². The van der Waals surface area contributed by atoms with Gasteiger partial charge in [-0.3, -0.25) is 14.4 Å². The highest BCUT2D eigenvalue weighted by Crippen LogP contribution is 2.53. The van der Waals surface area contributed by atoms with E-state index >= 15 is 0 Å². The smallest absolute Gasteiger partial charge is 0.312 e. The highest BCUT2D eigenvalue weighted by Gasteiger charge is 2.71. The second kappa shape index (κ2) is 10.6. The van der Waals surface area contributed by atoms with Crippen molar-refractivity contribution in [3.63, 3.8) is 0 Å². The molecule has 4 aliphatic heterocycles. The fourth-order valence-corrected chi connectivity index (χ4v) is 6.04. The first kappa shape index (κ1) is 24.9. The van der Waals surface area contributed by atoms with Crippen molar-refractivity contribution < 1.29 is 29.0 Å². The van der Waals surface area contributed by atoms with Crippen LogP contribution in [-0.4, -0.2) is 82.8 Å². The van der Waals surface area contributed by atoms with Crippen LogP contribution in [0.25, 0.3) is 0 Å². The first-order valence-corrected chi connectivity index (χ1v) is 12.9. The van der Waals surface area contributed by atoms with E-state index in [0.29, 0.717) is 32.5 Å². The molecule has 4 rings (SSSR count). The molecule has 2 unspecified atom stereocenters. The fourth-order valence-electron chi connectivity index (χ4n) is 6.04. The largest absolute Gasteiger partial charge is 0.465 e. The number of hydrogen-bond acceptors (Lipinski definition) is 6. The third kappa shape index (κ3) is 4.31. The van der Waals surface area contributed by atoms with Crippen LogP contribution in [0, 0.1) is 11.8 Å². The minimum atomic E-state index is -1.21. The minimum absolute atomic E-state index is 0.0209. The number of aliphatic hydroxyl groups excluding tert-OH is 1. The summed E-state index contributed by atoms with van der Waals surface area (Å²) >= 11 is 0. The Morgan fingerprint density at radius 1 is 1.18 bits per heavy atom. The van der Waals surface area contributed by atoms with Gasteiger partial charge in [-0.05, 0) is 45.4 Å². The molecule has 0 bridgehead atoms. The summed E-state index contributed by atoms with van der Waals surface area (Å²) in [4.78, 5) is 44.6. The average molecular weight is 475 g/mol. The second-order valence-corrected chi connectivity index (χ2v) is 9.93. The fraction of sp³-hybridized carbons (Fsp3) is 0.731. The van der Waals surface area contributed by atoms with Crippen molar-refractivity contribution in [2.45, 2.75) is 82.6 Å². The Labute approximate surface area is 201 Å². The molecular weight excluding hydrogens is 436 g/mol. The van der Waals surface area contributed by atoms with Gasteiger partial charge < -0.3 is 24.4 Å². The van der Waals surface area contributed by atoms with Crippen molar-refractivity contribution in [1.82, 2.24) is 9.80 Å². The summed E-state index contributed by atoms with van der Waals surface area (Å²) in [7, 11) is 0. The van der Waals surface area contributed by atoms with Crippen molar-refractivity contribution in [3.8, 4) is 0 Å². The SMILES string of the molecule is CCCC(C)N1CC=C[C@]23O[C@@H]4/C=C\CCCCOC(=O)[C@@H]4[C@H]2C(=O)N(CCCCO)C3C1=O. The third-order valence-electron chi connectivity index (χ3n) is 7.68. The molecule has 0 aromatic carbocycles. The van der Waals surface area contributed by atoms with E-state index in [-0.39, 0.29) is 24.5 Å². The number of amides is 2. The third-order valence-corrected chi connectivity index (χ3v) is 7.68. The molecule has 8 heteroatoms. The molecule has 188 valence electrons. The van der Waals surface area contributed by atoms with Crippen LogP contribution in [-0.2, 0) is 23.9 Å². The molecule has 4 heterocycles. The number of likely N-dealkylation sites (tertiary alicyclic amines) is 1. The van der Waals surface area contributed by atoms with Crippen molar-refractivity contribution >= 4 is 17.8 Å². The van der Waals surface area contributed by atoms with Crippen LogP contribution in [0.3, 0.4) is 0 Å². The highest BCUT2D eigenvalue weighted by atomic mass is 16.6. The Kier molecular flexibility index (Phi) is 7.77. The van der Waals surface area contributed by atoms with Crippen molar-refractivity contribution in [2.75, 3.05) is 26.3 Å². The number of allylic oxidation sites excluding steroid dienone is 1. The Morgan fingerprint density at radius 2 is 2.00 bits per heavy atom. The van der Waals surface area contributed by atoms with Crippen LogP contribution in [0.2, 0.25) is 0 Å². The average Bonchev–Trinajstić information content (AvgIpc) is 3.19. The summed E-state index contributed by atoms with van der Waals surface area (Å²) in [5.74, 6) is -2.39. The number of carbonyl (C=O) groups is 3. The Morgan fingerprint density at radius 3 is 2.76 bits per heavy atom. The molecule has 34 heavy (non-hydrogen) atoms. The summed E-state index contributed by atoms with van der Waals surface area (Å²) in [5, 5.41) is 9.28. The van der Waals surface area contributed by atoms with Gasteiger partial charge in [0.15, 0.2) is 0 Å². The van der Waals surface area contributed by atoms with Crippen molar-refractivity contribution in [2.24, 2.45) is 11.8 Å². The van der Waals surface area contributed by atoms with E-state index in [2.05, 4.69) is 6.92 Å². The van der Waals surface area contributed by atoms with E-state index in [0.717, 1.165) is 32.1 Å². The van der Waals surface area contributed by atoms with Gasteiger partial charge in [0.1, 0.15) is 17.6 Å². The van der Waals surface area contributed by atoms with Gasteiger partial charge in [-0.2, -0.15) is 0 Å². The second-order valence-electron chi connectivity index (χ2n) is 9.93. The topological polar surface area (TPSA) is 96.4 Å². The van der Waals surface area contributed by atoms with Crippen LogP contribution in [0.4, 0.5) is 0 Å². The molecule has 2 saturated heterocycles. The monoisotopic (exact) mass is 474 g/mol. The first-order chi connectivity index (χ1) is 16.5. The molecule has 8 nitrogen and oxygen atoms in total. The van der Waals surface area contributed by atoms with E-state index in [1.165, 1.54) is 0 Å². The molecule has 0 aromatic heterocycles. The number of fused-ring (bicyclic) bond motifs is 2. The normalized spacial score (nSPS) is 35.3. The zero-order valence-electron chi connectivity index (χ0n) is 20.4. The summed E-state index contributed by atoms with van der Waals surface area (Å²) in [6.07, 6.45) is 12.5. The number of esters is 1. The lowest BCUT2D eigenvalue weighted by atomic mass is 9.78. The maximum Gasteiger partial charge on any atom is 0.312 e. The number of aliphatic hydroxyl groups is 1. The number of nitrogens with zero attached hydrogens (tertiary/aromatic N) is 2. The number of carbonyl (C=O) groups excluding carboxylic acids is 3. The number of unbranched alkanes of at least 4 members (excludes halogenated alkanes) is 1. The number of hydrogen-bond donors (Lipinski definition) is 1. The van der Waals surface area contributed by atoms with Gasteiger partial charge in [-0.15, -0.1) is 0 Å². The first-order valence-electron chi connectivity index (χ1n) is 12.9. The predicted molar refractivity (Wildman–Crippen MR) is 126 cm³/mol. The zero-order valence-corrected chi connectivity index (χ0v) is 20.4. The van der Waals surface area contributed by atoms with Gasteiger partial charge >= 0.3 is 5.97 Å². The van der Waals surface area contributed by atoms with Gasteiger partial charge in [0.05, 0.1) is 18.6 Å². The lowest BCUT2D eigenvalue weighted by Gasteiger charge is -2.37. The quantitative estimate of drug-likeness (QED) is 0.345. The number of rotatable bonds is 7. The van der Waals surface area contributed by atoms with Gasteiger partial charge in [0, 0.05) is 25.7 Å². The van der Waals surface area contributed by atoms with E-state index in [1.807, 2.05) is 36.1 Å². The number of cyclic esters (lactones) is 1. The molecule has 1 spiro atoms. The van der Waals surface area contributed by atoms with E-state index in [1.54, 1.807) is 4.90 Å². The summed E-state index contributed by atoms with van der Waals surface area (Å²) in [6, 6.07) is -0.807. The van der Waals surface area contributed by atoms with E-state index < -0.39 is 35.6 Å². The Bertz CT molecular complexity index is 841.